The van der Waals surface area contributed by atoms with Gasteiger partial charge in [0, 0.05) is 20.3 Å². The highest BCUT2D eigenvalue weighted by Gasteiger charge is 2.23. The molecule has 0 aliphatic heterocycles. The molecule has 0 bridgehead atoms. The van der Waals surface area contributed by atoms with Crippen molar-refractivity contribution < 1.29 is 9.53 Å². The van der Waals surface area contributed by atoms with Crippen molar-refractivity contribution in [2.45, 2.75) is 0 Å². The summed E-state index contributed by atoms with van der Waals surface area (Å²) >= 11 is 0. The molecule has 0 unspecified atom stereocenters. The molecule has 0 aromatic carbocycles. The van der Waals surface area contributed by atoms with E-state index in [1.807, 2.05) is 37.2 Å². The number of rotatable bonds is 2. The highest BCUT2D eigenvalue weighted by molar-refractivity contribution is 6.03. The predicted octanol–water partition coefficient (Wildman–Crippen LogP) is 1.37. The first-order valence-corrected chi connectivity index (χ1v) is 5.22. The smallest absolute Gasteiger partial charge is 0.357 e. The summed E-state index contributed by atoms with van der Waals surface area (Å²) in [6.45, 7) is 0. The molecule has 0 aliphatic rings. The minimum atomic E-state index is -0.397. The van der Waals surface area contributed by atoms with E-state index >= 15 is 0 Å². The molecular weight excluding hydrogens is 218 g/mol. The third kappa shape index (κ3) is 1.60. The van der Waals surface area contributed by atoms with Crippen molar-refractivity contribution in [2.24, 2.45) is 0 Å². The van der Waals surface area contributed by atoms with Gasteiger partial charge in [-0.15, -0.1) is 0 Å². The van der Waals surface area contributed by atoms with E-state index in [1.54, 1.807) is 10.6 Å². The maximum atomic E-state index is 11.8. The second-order valence-electron chi connectivity index (χ2n) is 3.95. The minimum absolute atomic E-state index is 0.397. The Hall–Kier alpha value is -2.17. The molecule has 0 radical (unpaired) electrons. The standard InChI is InChI=1S/C12H15N3O2/c1-14(2)10-9(13)8-6-4-5-7-15(8)11(10)12(16)17-3/h4-7H,13H2,1-3H3. The SMILES string of the molecule is COC(=O)c1c(N(C)C)c(N)c2ccccn12. The molecule has 2 aromatic rings. The Kier molecular flexibility index (Phi) is 2.67. The molecule has 0 amide bonds. The first-order valence-electron chi connectivity index (χ1n) is 5.22. The van der Waals surface area contributed by atoms with Crippen LogP contribution in [0.2, 0.25) is 0 Å². The summed E-state index contributed by atoms with van der Waals surface area (Å²) in [4.78, 5) is 13.7. The van der Waals surface area contributed by atoms with Gasteiger partial charge in [-0.3, -0.25) is 0 Å². The van der Waals surface area contributed by atoms with Crippen molar-refractivity contribution in [1.29, 1.82) is 0 Å². The van der Waals surface area contributed by atoms with E-state index in [2.05, 4.69) is 0 Å². The fourth-order valence-corrected chi connectivity index (χ4v) is 1.96. The van der Waals surface area contributed by atoms with Gasteiger partial charge in [-0.05, 0) is 12.1 Å². The molecule has 0 aliphatic carbocycles. The second kappa shape index (κ2) is 4.01. The number of carbonyl (C=O) groups excluding carboxylic acids is 1. The van der Waals surface area contributed by atoms with E-state index < -0.39 is 5.97 Å². The van der Waals surface area contributed by atoms with Gasteiger partial charge in [0.05, 0.1) is 24.0 Å². The van der Waals surface area contributed by atoms with E-state index in [9.17, 15) is 4.79 Å². The summed E-state index contributed by atoms with van der Waals surface area (Å²) in [5, 5.41) is 0. The second-order valence-corrected chi connectivity index (χ2v) is 3.95. The van der Waals surface area contributed by atoms with Crippen molar-refractivity contribution >= 4 is 22.9 Å². The van der Waals surface area contributed by atoms with Crippen LogP contribution in [0.25, 0.3) is 5.52 Å². The average molecular weight is 233 g/mol. The predicted molar refractivity (Wildman–Crippen MR) is 67.5 cm³/mol. The van der Waals surface area contributed by atoms with Gasteiger partial charge in [0.15, 0.2) is 5.69 Å². The number of esters is 1. The molecule has 0 spiro atoms. The van der Waals surface area contributed by atoms with Crippen LogP contribution in [-0.4, -0.2) is 31.6 Å². The number of carbonyl (C=O) groups is 1. The Balaban J connectivity index is 2.86. The molecule has 5 nitrogen and oxygen atoms in total. The van der Waals surface area contributed by atoms with Crippen LogP contribution in [0.4, 0.5) is 11.4 Å². The van der Waals surface area contributed by atoms with Gasteiger partial charge in [-0.1, -0.05) is 6.07 Å². The van der Waals surface area contributed by atoms with Gasteiger partial charge in [-0.25, -0.2) is 4.79 Å². The van der Waals surface area contributed by atoms with E-state index in [1.165, 1.54) is 7.11 Å². The Morgan fingerprint density at radius 2 is 2.12 bits per heavy atom. The highest BCUT2D eigenvalue weighted by atomic mass is 16.5. The van der Waals surface area contributed by atoms with Crippen LogP contribution in [0.1, 0.15) is 10.5 Å². The molecule has 0 atom stereocenters. The Bertz CT molecular complexity index is 572. The quantitative estimate of drug-likeness (QED) is 0.796. The van der Waals surface area contributed by atoms with Gasteiger partial charge < -0.3 is 19.8 Å². The third-order valence-electron chi connectivity index (χ3n) is 2.68. The number of pyridine rings is 1. The van der Waals surface area contributed by atoms with Crippen LogP contribution in [0.15, 0.2) is 24.4 Å². The van der Waals surface area contributed by atoms with Crippen LogP contribution in [0.3, 0.4) is 0 Å². The normalized spacial score (nSPS) is 10.5. The average Bonchev–Trinajstić information content (AvgIpc) is 2.62. The van der Waals surface area contributed by atoms with Gasteiger partial charge in [0.25, 0.3) is 0 Å². The molecule has 2 aromatic heterocycles. The molecule has 90 valence electrons. The molecule has 2 heterocycles. The Morgan fingerprint density at radius 1 is 1.41 bits per heavy atom. The highest BCUT2D eigenvalue weighted by Crippen LogP contribution is 2.33. The summed E-state index contributed by atoms with van der Waals surface area (Å²) in [6.07, 6.45) is 1.80. The summed E-state index contributed by atoms with van der Waals surface area (Å²) in [5.74, 6) is -0.397. The zero-order chi connectivity index (χ0) is 12.6. The zero-order valence-corrected chi connectivity index (χ0v) is 10.1. The Labute approximate surface area is 99.4 Å². The maximum Gasteiger partial charge on any atom is 0.357 e. The molecule has 0 saturated carbocycles. The minimum Gasteiger partial charge on any atom is -0.464 e. The lowest BCUT2D eigenvalue weighted by molar-refractivity contribution is 0.0594. The van der Waals surface area contributed by atoms with Gasteiger partial charge in [0.2, 0.25) is 0 Å². The van der Waals surface area contributed by atoms with Crippen molar-refractivity contribution in [2.75, 3.05) is 31.8 Å². The number of hydrogen-bond acceptors (Lipinski definition) is 4. The number of nitrogens with two attached hydrogens (primary N) is 1. The lowest BCUT2D eigenvalue weighted by Gasteiger charge is -2.13. The van der Waals surface area contributed by atoms with E-state index in [0.717, 1.165) is 5.52 Å². The number of aromatic nitrogens is 1. The molecule has 0 saturated heterocycles. The van der Waals surface area contributed by atoms with Gasteiger partial charge in [0.1, 0.15) is 0 Å². The molecule has 2 rings (SSSR count). The number of ether oxygens (including phenoxy) is 1. The largest absolute Gasteiger partial charge is 0.464 e. The van der Waals surface area contributed by atoms with E-state index in [4.69, 9.17) is 10.5 Å². The van der Waals surface area contributed by atoms with E-state index in [-0.39, 0.29) is 0 Å². The topological polar surface area (TPSA) is 60.0 Å². The number of nitrogen functional groups attached to an aromatic ring is 1. The summed E-state index contributed by atoms with van der Waals surface area (Å²) in [7, 11) is 5.05. The Morgan fingerprint density at radius 3 is 2.71 bits per heavy atom. The lowest BCUT2D eigenvalue weighted by Crippen LogP contribution is -2.15. The van der Waals surface area contributed by atoms with Gasteiger partial charge >= 0.3 is 5.97 Å². The monoisotopic (exact) mass is 233 g/mol. The van der Waals surface area contributed by atoms with Crippen molar-refractivity contribution in [3.8, 4) is 0 Å². The molecule has 5 heteroatoms. The van der Waals surface area contributed by atoms with Crippen molar-refractivity contribution in [3.05, 3.63) is 30.1 Å². The van der Waals surface area contributed by atoms with Crippen molar-refractivity contribution in [3.63, 3.8) is 0 Å². The van der Waals surface area contributed by atoms with E-state index in [0.29, 0.717) is 17.1 Å². The number of fused-ring (bicyclic) bond motifs is 1. The van der Waals surface area contributed by atoms with Gasteiger partial charge in [-0.2, -0.15) is 0 Å². The number of methoxy groups -OCH3 is 1. The molecular formula is C12H15N3O2. The summed E-state index contributed by atoms with van der Waals surface area (Å²) in [6, 6.07) is 5.60. The van der Waals surface area contributed by atoms with Crippen LogP contribution in [0.5, 0.6) is 0 Å². The lowest BCUT2D eigenvalue weighted by atomic mass is 10.3. The number of hydrogen-bond donors (Lipinski definition) is 1. The van der Waals surface area contributed by atoms with Crippen LogP contribution < -0.4 is 10.6 Å². The van der Waals surface area contributed by atoms with Crippen LogP contribution in [0, 0.1) is 0 Å². The third-order valence-corrected chi connectivity index (χ3v) is 2.68. The fourth-order valence-electron chi connectivity index (χ4n) is 1.96. The number of nitrogens with zero attached hydrogens (tertiary/aromatic N) is 2. The molecule has 2 N–H and O–H groups in total. The summed E-state index contributed by atoms with van der Waals surface area (Å²) in [5.41, 5.74) is 8.58. The first kappa shape index (κ1) is 11.3. The summed E-state index contributed by atoms with van der Waals surface area (Å²) < 4.78 is 6.55. The zero-order valence-electron chi connectivity index (χ0n) is 10.1. The first-order chi connectivity index (χ1) is 8.07. The number of anilines is 2. The maximum absolute atomic E-state index is 11.8. The van der Waals surface area contributed by atoms with Crippen LogP contribution >= 0.6 is 0 Å². The fraction of sp³-hybridized carbons (Fsp3) is 0.250. The van der Waals surface area contributed by atoms with Crippen LogP contribution in [-0.2, 0) is 4.74 Å². The molecule has 0 fully saturated rings. The van der Waals surface area contributed by atoms with Crippen molar-refractivity contribution in [1.82, 2.24) is 4.40 Å². The molecule has 17 heavy (non-hydrogen) atoms.